The van der Waals surface area contributed by atoms with E-state index in [2.05, 4.69) is 9.47 Å². The lowest BCUT2D eigenvalue weighted by Crippen LogP contribution is -2.48. The van der Waals surface area contributed by atoms with Crippen LogP contribution in [0, 0.1) is 0 Å². The Morgan fingerprint density at radius 3 is 2.41 bits per heavy atom. The molecule has 0 saturated carbocycles. The first-order valence-corrected chi connectivity index (χ1v) is 14.8. The van der Waals surface area contributed by atoms with Gasteiger partial charge in [-0.15, -0.1) is 0 Å². The molecule has 3 aromatic carbocycles. The minimum absolute atomic E-state index is 0.268. The van der Waals surface area contributed by atoms with Crippen LogP contribution >= 0.6 is 11.6 Å². The van der Waals surface area contributed by atoms with E-state index in [-0.39, 0.29) is 4.90 Å². The molecular weight excluding hydrogens is 539 g/mol. The number of piperazine rings is 1. The Kier molecular flexibility index (Phi) is 8.54. The van der Waals surface area contributed by atoms with Crippen molar-refractivity contribution >= 4 is 32.5 Å². The summed E-state index contributed by atoms with van der Waals surface area (Å²) in [6.45, 7) is 3.13. The van der Waals surface area contributed by atoms with Crippen LogP contribution in [0.2, 0.25) is 5.02 Å². The Morgan fingerprint density at radius 1 is 0.974 bits per heavy atom. The van der Waals surface area contributed by atoms with Crippen LogP contribution in [0.3, 0.4) is 0 Å². The first-order chi connectivity index (χ1) is 18.9. The predicted molar refractivity (Wildman–Crippen MR) is 153 cm³/mol. The van der Waals surface area contributed by atoms with Crippen molar-refractivity contribution in [2.45, 2.75) is 24.4 Å². The van der Waals surface area contributed by atoms with E-state index in [9.17, 15) is 12.8 Å². The van der Waals surface area contributed by atoms with Crippen molar-refractivity contribution in [3.63, 3.8) is 0 Å². The molecule has 206 valence electrons. The lowest BCUT2D eigenvalue weighted by molar-refractivity contribution is 0.181. The van der Waals surface area contributed by atoms with E-state index in [0.29, 0.717) is 45.0 Å². The van der Waals surface area contributed by atoms with E-state index in [0.717, 1.165) is 45.6 Å². The maximum absolute atomic E-state index is 13.7. The molecule has 0 spiro atoms. The number of hydrogen-bond donors (Lipinski definition) is 1. The number of alkyl halides is 1. The molecule has 0 aliphatic carbocycles. The second-order valence-corrected chi connectivity index (χ2v) is 12.0. The molecule has 10 heteroatoms. The van der Waals surface area contributed by atoms with Crippen molar-refractivity contribution in [2.24, 2.45) is 5.73 Å². The average molecular weight is 571 g/mol. The number of ether oxygens (including phenoxy) is 1. The van der Waals surface area contributed by atoms with E-state index in [4.69, 9.17) is 22.1 Å². The minimum atomic E-state index is -3.69. The minimum Gasteiger partial charge on any atom is -0.463 e. The third-order valence-corrected chi connectivity index (χ3v) is 9.43. The largest absolute Gasteiger partial charge is 0.463 e. The van der Waals surface area contributed by atoms with Gasteiger partial charge in [0, 0.05) is 67.0 Å². The maximum atomic E-state index is 13.7. The number of sulfonamides is 1. The zero-order valence-corrected chi connectivity index (χ0v) is 23.2. The van der Waals surface area contributed by atoms with Crippen LogP contribution in [0.5, 0.6) is 5.75 Å². The van der Waals surface area contributed by atoms with Gasteiger partial charge < -0.3 is 15.0 Å². The Morgan fingerprint density at radius 2 is 1.72 bits per heavy atom. The molecule has 0 atom stereocenters. The molecule has 1 fully saturated rings. The molecule has 0 unspecified atom stereocenters. The van der Waals surface area contributed by atoms with Gasteiger partial charge in [0.25, 0.3) is 0 Å². The molecule has 4 aromatic rings. The fourth-order valence-electron chi connectivity index (χ4n) is 5.05. The van der Waals surface area contributed by atoms with Crippen molar-refractivity contribution in [2.75, 3.05) is 39.6 Å². The SMILES string of the molecule is NCCCn1cc(-c2ccc(OCF)cc2)c2cc(S(=O)(=O)N3CCN(Cc4ccccc4Cl)CC3)ccc21. The lowest BCUT2D eigenvalue weighted by atomic mass is 10.0. The number of aryl methyl sites for hydroxylation is 1. The van der Waals surface area contributed by atoms with E-state index in [1.807, 2.05) is 48.7 Å². The van der Waals surface area contributed by atoms with E-state index < -0.39 is 16.9 Å². The van der Waals surface area contributed by atoms with Gasteiger partial charge in [-0.05, 0) is 60.5 Å². The number of benzene rings is 3. The van der Waals surface area contributed by atoms with Gasteiger partial charge in [-0.1, -0.05) is 41.9 Å². The monoisotopic (exact) mass is 570 g/mol. The smallest absolute Gasteiger partial charge is 0.243 e. The molecule has 1 aliphatic heterocycles. The summed E-state index contributed by atoms with van der Waals surface area (Å²) in [6, 6.07) is 20.2. The summed E-state index contributed by atoms with van der Waals surface area (Å²) in [5.41, 5.74) is 9.52. The summed E-state index contributed by atoms with van der Waals surface area (Å²) in [7, 11) is -3.69. The quantitative estimate of drug-likeness (QED) is 0.286. The standard InChI is InChI=1S/C29H32ClFN4O3S/c30-28-5-2-1-4-23(28)19-33-14-16-35(17-15-33)39(36,37)25-10-11-29-26(18-25)27(20-34(29)13-3-12-32)22-6-8-24(9-7-22)38-21-31/h1-2,4-11,18,20H,3,12-17,19,21,32H2. The van der Waals surface area contributed by atoms with Gasteiger partial charge in [0.2, 0.25) is 16.9 Å². The highest BCUT2D eigenvalue weighted by atomic mass is 35.5. The van der Waals surface area contributed by atoms with Gasteiger partial charge in [0.1, 0.15) is 5.75 Å². The van der Waals surface area contributed by atoms with Crippen molar-refractivity contribution in [1.29, 1.82) is 0 Å². The highest BCUT2D eigenvalue weighted by Crippen LogP contribution is 2.34. The fraction of sp³-hybridized carbons (Fsp3) is 0.310. The molecular formula is C29H32ClFN4O3S. The van der Waals surface area contributed by atoms with Gasteiger partial charge >= 0.3 is 0 Å². The number of nitrogens with zero attached hydrogens (tertiary/aromatic N) is 3. The molecule has 1 aromatic heterocycles. The molecule has 7 nitrogen and oxygen atoms in total. The molecule has 39 heavy (non-hydrogen) atoms. The molecule has 0 radical (unpaired) electrons. The number of hydrogen-bond acceptors (Lipinski definition) is 5. The molecule has 2 N–H and O–H groups in total. The van der Waals surface area contributed by atoms with Gasteiger partial charge in [0.15, 0.2) is 0 Å². The number of nitrogens with two attached hydrogens (primary N) is 1. The zero-order chi connectivity index (χ0) is 27.4. The summed E-state index contributed by atoms with van der Waals surface area (Å²) < 4.78 is 48.6. The molecule has 2 heterocycles. The summed E-state index contributed by atoms with van der Waals surface area (Å²) in [6.07, 6.45) is 2.82. The first kappa shape index (κ1) is 27.6. The summed E-state index contributed by atoms with van der Waals surface area (Å²) >= 11 is 6.32. The van der Waals surface area contributed by atoms with Gasteiger partial charge in [-0.3, -0.25) is 4.90 Å². The third kappa shape index (κ3) is 5.97. The van der Waals surface area contributed by atoms with E-state index in [1.54, 1.807) is 28.6 Å². The van der Waals surface area contributed by atoms with Gasteiger partial charge in [-0.25, -0.2) is 12.8 Å². The maximum Gasteiger partial charge on any atom is 0.243 e. The highest BCUT2D eigenvalue weighted by Gasteiger charge is 2.29. The van der Waals surface area contributed by atoms with Crippen LogP contribution in [0.25, 0.3) is 22.0 Å². The highest BCUT2D eigenvalue weighted by molar-refractivity contribution is 7.89. The summed E-state index contributed by atoms with van der Waals surface area (Å²) in [4.78, 5) is 2.49. The topological polar surface area (TPSA) is 80.8 Å². The van der Waals surface area contributed by atoms with Crippen LogP contribution in [0.15, 0.2) is 77.8 Å². The van der Waals surface area contributed by atoms with Crippen LogP contribution in [-0.4, -0.2) is 61.8 Å². The lowest BCUT2D eigenvalue weighted by Gasteiger charge is -2.34. The van der Waals surface area contributed by atoms with E-state index in [1.165, 1.54) is 0 Å². The summed E-state index contributed by atoms with van der Waals surface area (Å²) in [5.74, 6) is 0.435. The van der Waals surface area contributed by atoms with Crippen molar-refractivity contribution in [3.05, 3.63) is 83.5 Å². The number of aromatic nitrogens is 1. The second kappa shape index (κ2) is 12.1. The van der Waals surface area contributed by atoms with Crippen LogP contribution in [-0.2, 0) is 23.1 Å². The molecule has 0 amide bonds. The Labute approximate surface area is 233 Å². The van der Waals surface area contributed by atoms with E-state index >= 15 is 0 Å². The Hall–Kier alpha value is -2.95. The normalized spacial score (nSPS) is 15.2. The van der Waals surface area contributed by atoms with Crippen LogP contribution < -0.4 is 10.5 Å². The molecule has 5 rings (SSSR count). The van der Waals surface area contributed by atoms with Crippen molar-refractivity contribution in [3.8, 4) is 16.9 Å². The third-order valence-electron chi connectivity index (χ3n) is 7.16. The second-order valence-electron chi connectivity index (χ2n) is 9.61. The zero-order valence-electron chi connectivity index (χ0n) is 21.6. The molecule has 0 bridgehead atoms. The van der Waals surface area contributed by atoms with Gasteiger partial charge in [0.05, 0.1) is 4.90 Å². The predicted octanol–water partition coefficient (Wildman–Crippen LogP) is 5.12. The van der Waals surface area contributed by atoms with Crippen LogP contribution in [0.4, 0.5) is 4.39 Å². The number of fused-ring (bicyclic) bond motifs is 1. The molecule has 1 aliphatic rings. The van der Waals surface area contributed by atoms with Crippen molar-refractivity contribution < 1.29 is 17.5 Å². The average Bonchev–Trinajstić information content (AvgIpc) is 3.32. The van der Waals surface area contributed by atoms with Crippen LogP contribution in [0.1, 0.15) is 12.0 Å². The number of rotatable bonds is 10. The Balaban J connectivity index is 1.40. The Bertz CT molecular complexity index is 1530. The summed E-state index contributed by atoms with van der Waals surface area (Å²) in [5, 5.41) is 1.56. The first-order valence-electron chi connectivity index (χ1n) is 13.0. The van der Waals surface area contributed by atoms with Gasteiger partial charge in [-0.2, -0.15) is 4.31 Å². The van der Waals surface area contributed by atoms with Crippen molar-refractivity contribution in [1.82, 2.24) is 13.8 Å². The number of halogens is 2. The fourth-order valence-corrected chi connectivity index (χ4v) is 6.70. The molecule has 1 saturated heterocycles.